The molecule has 0 saturated heterocycles. The molecule has 4 aromatic rings. The number of hydrogen-bond donors (Lipinski definition) is 2. The van der Waals surface area contributed by atoms with Crippen LogP contribution >= 0.6 is 0 Å². The molecule has 0 atom stereocenters. The van der Waals surface area contributed by atoms with Crippen LogP contribution in [0.1, 0.15) is 26.5 Å². The minimum absolute atomic E-state index is 0.127. The van der Waals surface area contributed by atoms with Crippen LogP contribution < -0.4 is 5.32 Å². The molecule has 0 aliphatic rings. The van der Waals surface area contributed by atoms with Gasteiger partial charge in [0.15, 0.2) is 11.4 Å². The number of hydrogen-bond acceptors (Lipinski definition) is 6. The SMILES string of the molecule is CC(C)(C)Cc1noc2cc(Nc3n[nH]c4cccnc34)cnc12. The first-order chi connectivity index (χ1) is 11.5. The van der Waals surface area contributed by atoms with Gasteiger partial charge in [-0.05, 0) is 17.5 Å². The van der Waals surface area contributed by atoms with E-state index in [4.69, 9.17) is 4.52 Å². The number of aromatic nitrogens is 5. The zero-order valence-electron chi connectivity index (χ0n) is 13.8. The largest absolute Gasteiger partial charge is 0.354 e. The van der Waals surface area contributed by atoms with Crippen molar-refractivity contribution < 1.29 is 4.52 Å². The monoisotopic (exact) mass is 322 g/mol. The molecule has 4 aromatic heterocycles. The number of anilines is 2. The van der Waals surface area contributed by atoms with Crippen molar-refractivity contribution in [1.29, 1.82) is 0 Å². The Morgan fingerprint density at radius 3 is 2.92 bits per heavy atom. The molecule has 2 N–H and O–H groups in total. The fourth-order valence-electron chi connectivity index (χ4n) is 2.64. The summed E-state index contributed by atoms with van der Waals surface area (Å²) in [4.78, 5) is 8.84. The Hall–Kier alpha value is -2.96. The minimum Gasteiger partial charge on any atom is -0.354 e. The minimum atomic E-state index is 0.127. The van der Waals surface area contributed by atoms with Crippen LogP contribution in [0.2, 0.25) is 0 Å². The van der Waals surface area contributed by atoms with Gasteiger partial charge in [0.2, 0.25) is 0 Å². The quantitative estimate of drug-likeness (QED) is 0.595. The van der Waals surface area contributed by atoms with Crippen LogP contribution in [-0.4, -0.2) is 25.3 Å². The lowest BCUT2D eigenvalue weighted by Crippen LogP contribution is -2.09. The highest BCUT2D eigenvalue weighted by Crippen LogP contribution is 2.28. The molecule has 122 valence electrons. The number of aromatic amines is 1. The zero-order chi connectivity index (χ0) is 16.7. The molecule has 0 bridgehead atoms. The summed E-state index contributed by atoms with van der Waals surface area (Å²) in [5.74, 6) is 0.654. The molecule has 0 radical (unpaired) electrons. The molecule has 0 spiro atoms. The lowest BCUT2D eigenvalue weighted by Gasteiger charge is -2.15. The third-order valence-corrected chi connectivity index (χ3v) is 3.66. The third-order valence-electron chi connectivity index (χ3n) is 3.66. The number of rotatable bonds is 3. The summed E-state index contributed by atoms with van der Waals surface area (Å²) in [7, 11) is 0. The van der Waals surface area contributed by atoms with E-state index >= 15 is 0 Å². The fraction of sp³-hybridized carbons (Fsp3) is 0.294. The van der Waals surface area contributed by atoms with Gasteiger partial charge in [-0.2, -0.15) is 5.10 Å². The van der Waals surface area contributed by atoms with Gasteiger partial charge >= 0.3 is 0 Å². The van der Waals surface area contributed by atoms with Gasteiger partial charge in [0.05, 0.1) is 17.4 Å². The van der Waals surface area contributed by atoms with E-state index in [1.54, 1.807) is 12.4 Å². The molecule has 0 unspecified atom stereocenters. The third kappa shape index (κ3) is 2.68. The first-order valence-electron chi connectivity index (χ1n) is 7.80. The first kappa shape index (κ1) is 14.6. The Bertz CT molecular complexity index is 1010. The van der Waals surface area contributed by atoms with Gasteiger partial charge in [0.25, 0.3) is 0 Å². The van der Waals surface area contributed by atoms with Gasteiger partial charge in [-0.1, -0.05) is 25.9 Å². The Kier molecular flexibility index (Phi) is 3.23. The number of nitrogens with zero attached hydrogens (tertiary/aromatic N) is 4. The maximum absolute atomic E-state index is 5.45. The molecule has 0 amide bonds. The van der Waals surface area contributed by atoms with Gasteiger partial charge in [0, 0.05) is 18.7 Å². The zero-order valence-corrected chi connectivity index (χ0v) is 13.8. The molecule has 0 aliphatic heterocycles. The number of nitrogens with one attached hydrogen (secondary N) is 2. The van der Waals surface area contributed by atoms with Crippen LogP contribution in [-0.2, 0) is 6.42 Å². The maximum atomic E-state index is 5.45. The fourth-order valence-corrected chi connectivity index (χ4v) is 2.64. The van der Waals surface area contributed by atoms with E-state index in [2.05, 4.69) is 51.4 Å². The van der Waals surface area contributed by atoms with Gasteiger partial charge < -0.3 is 9.84 Å². The Morgan fingerprint density at radius 2 is 2.08 bits per heavy atom. The van der Waals surface area contributed by atoms with Gasteiger partial charge in [-0.25, -0.2) is 4.98 Å². The lowest BCUT2D eigenvalue weighted by molar-refractivity contribution is 0.382. The van der Waals surface area contributed by atoms with Crippen LogP contribution in [0.15, 0.2) is 35.1 Å². The van der Waals surface area contributed by atoms with E-state index in [0.717, 1.165) is 34.4 Å². The average Bonchev–Trinajstić information content (AvgIpc) is 3.11. The van der Waals surface area contributed by atoms with Crippen molar-refractivity contribution in [2.45, 2.75) is 27.2 Å². The second-order valence-corrected chi connectivity index (χ2v) is 7.03. The molecular weight excluding hydrogens is 304 g/mol. The lowest BCUT2D eigenvalue weighted by atomic mass is 9.90. The highest BCUT2D eigenvalue weighted by molar-refractivity contribution is 5.88. The van der Waals surface area contributed by atoms with E-state index in [0.29, 0.717) is 11.4 Å². The average molecular weight is 322 g/mol. The smallest absolute Gasteiger partial charge is 0.187 e. The van der Waals surface area contributed by atoms with E-state index in [1.807, 2.05) is 18.2 Å². The molecular formula is C17H18N6O. The van der Waals surface area contributed by atoms with Crippen molar-refractivity contribution in [3.8, 4) is 0 Å². The van der Waals surface area contributed by atoms with Crippen molar-refractivity contribution in [3.63, 3.8) is 0 Å². The molecule has 0 saturated carbocycles. The predicted octanol–water partition coefficient (Wildman–Crippen LogP) is 3.83. The van der Waals surface area contributed by atoms with Crippen molar-refractivity contribution in [2.24, 2.45) is 5.41 Å². The molecule has 4 heterocycles. The van der Waals surface area contributed by atoms with Crippen molar-refractivity contribution in [1.82, 2.24) is 25.3 Å². The molecule has 0 aliphatic carbocycles. The number of fused-ring (bicyclic) bond motifs is 2. The second kappa shape index (κ2) is 5.30. The summed E-state index contributed by atoms with van der Waals surface area (Å²) >= 11 is 0. The predicted molar refractivity (Wildman–Crippen MR) is 92.1 cm³/mol. The molecule has 4 rings (SSSR count). The molecule has 24 heavy (non-hydrogen) atoms. The normalized spacial score (nSPS) is 12.1. The number of H-pyrrole nitrogens is 1. The highest BCUT2D eigenvalue weighted by atomic mass is 16.5. The van der Waals surface area contributed by atoms with Crippen LogP contribution in [0, 0.1) is 5.41 Å². The molecule has 0 fully saturated rings. The highest BCUT2D eigenvalue weighted by Gasteiger charge is 2.18. The summed E-state index contributed by atoms with van der Waals surface area (Å²) in [5.41, 5.74) is 4.91. The Labute approximate surface area is 138 Å². The maximum Gasteiger partial charge on any atom is 0.187 e. The van der Waals surface area contributed by atoms with Crippen molar-refractivity contribution in [2.75, 3.05) is 5.32 Å². The first-order valence-corrected chi connectivity index (χ1v) is 7.80. The number of pyridine rings is 2. The van der Waals surface area contributed by atoms with Crippen LogP contribution in [0.3, 0.4) is 0 Å². The summed E-state index contributed by atoms with van der Waals surface area (Å²) in [6.45, 7) is 6.50. The standard InChI is InChI=1S/C17H18N6O/c1-17(2,3)8-12-14-13(24-23-12)7-10(9-19-14)20-16-15-11(21-22-16)5-4-6-18-15/h4-7,9H,8H2,1-3H3,(H2,20,21,22). The molecule has 7 nitrogen and oxygen atoms in total. The summed E-state index contributed by atoms with van der Waals surface area (Å²) in [5, 5.41) is 14.6. The van der Waals surface area contributed by atoms with Crippen LogP contribution in [0.4, 0.5) is 11.5 Å². The summed E-state index contributed by atoms with van der Waals surface area (Å²) in [6.07, 6.45) is 4.31. The van der Waals surface area contributed by atoms with E-state index in [9.17, 15) is 0 Å². The molecule has 0 aromatic carbocycles. The van der Waals surface area contributed by atoms with E-state index in [-0.39, 0.29) is 5.41 Å². The second-order valence-electron chi connectivity index (χ2n) is 7.03. The topological polar surface area (TPSA) is 92.5 Å². The van der Waals surface area contributed by atoms with E-state index in [1.165, 1.54) is 0 Å². The van der Waals surface area contributed by atoms with Crippen molar-refractivity contribution in [3.05, 3.63) is 36.3 Å². The van der Waals surface area contributed by atoms with Crippen LogP contribution in [0.25, 0.3) is 22.1 Å². The van der Waals surface area contributed by atoms with Crippen molar-refractivity contribution >= 4 is 33.6 Å². The Balaban J connectivity index is 1.66. The summed E-state index contributed by atoms with van der Waals surface area (Å²) in [6, 6.07) is 5.67. The molecule has 7 heteroatoms. The van der Waals surface area contributed by atoms with Crippen LogP contribution in [0.5, 0.6) is 0 Å². The van der Waals surface area contributed by atoms with E-state index < -0.39 is 0 Å². The summed E-state index contributed by atoms with van der Waals surface area (Å²) < 4.78 is 5.45. The van der Waals surface area contributed by atoms with Gasteiger partial charge in [-0.15, -0.1) is 0 Å². The Morgan fingerprint density at radius 1 is 1.21 bits per heavy atom. The van der Waals surface area contributed by atoms with Gasteiger partial charge in [-0.3, -0.25) is 10.1 Å². The van der Waals surface area contributed by atoms with Gasteiger partial charge in [0.1, 0.15) is 16.7 Å².